The number of rotatable bonds is 4. The lowest BCUT2D eigenvalue weighted by Crippen LogP contribution is -2.50. The molecule has 0 saturated carbocycles. The molecular weight excluding hydrogens is 290 g/mol. The molecule has 1 aromatic rings. The van der Waals surface area contributed by atoms with Gasteiger partial charge in [0.2, 0.25) is 0 Å². The molecule has 1 fully saturated rings. The monoisotopic (exact) mass is 319 g/mol. The summed E-state index contributed by atoms with van der Waals surface area (Å²) < 4.78 is 5.55. The van der Waals surface area contributed by atoms with E-state index in [0.29, 0.717) is 0 Å². The maximum atomic E-state index is 12.4. The van der Waals surface area contributed by atoms with Crippen molar-refractivity contribution in [2.45, 2.75) is 64.6 Å². The number of nitrogens with zero attached hydrogens (tertiary/aromatic N) is 2. The van der Waals surface area contributed by atoms with Gasteiger partial charge in [0.1, 0.15) is 5.60 Å². The molecule has 128 valence electrons. The highest BCUT2D eigenvalue weighted by atomic mass is 16.6. The molecule has 1 unspecified atom stereocenters. The molecule has 2 atom stereocenters. The van der Waals surface area contributed by atoms with Crippen molar-refractivity contribution in [3.8, 4) is 0 Å². The van der Waals surface area contributed by atoms with Crippen LogP contribution in [0.25, 0.3) is 0 Å². The van der Waals surface area contributed by atoms with Crippen molar-refractivity contribution in [1.29, 1.82) is 0 Å². The molecule has 1 saturated heterocycles. The lowest BCUT2D eigenvalue weighted by molar-refractivity contribution is 0.00969. The van der Waals surface area contributed by atoms with E-state index in [9.17, 15) is 4.79 Å². The molecule has 0 radical (unpaired) electrons. The average Bonchev–Trinajstić information content (AvgIpc) is 2.52. The second kappa shape index (κ2) is 7.77. The number of carbonyl (C=O) groups excluding carboxylic acids is 1. The second-order valence-corrected chi connectivity index (χ2v) is 7.21. The van der Waals surface area contributed by atoms with Crippen molar-refractivity contribution >= 4 is 6.09 Å². The molecule has 1 amide bonds. The largest absolute Gasteiger partial charge is 0.444 e. The normalized spacial score (nSPS) is 20.2. The van der Waals surface area contributed by atoms with Crippen LogP contribution in [0.4, 0.5) is 4.79 Å². The Labute approximate surface area is 139 Å². The summed E-state index contributed by atoms with van der Waals surface area (Å²) in [6.45, 7) is 9.36. The number of nitrogens with one attached hydrogen (secondary N) is 1. The molecule has 5 heteroatoms. The third-order valence-electron chi connectivity index (χ3n) is 4.05. The van der Waals surface area contributed by atoms with Gasteiger partial charge in [0.05, 0.1) is 5.69 Å². The molecule has 0 bridgehead atoms. The van der Waals surface area contributed by atoms with Crippen LogP contribution in [0.15, 0.2) is 24.4 Å². The van der Waals surface area contributed by atoms with Gasteiger partial charge in [-0.1, -0.05) is 6.07 Å². The number of likely N-dealkylation sites (tertiary alicyclic amines) is 1. The summed E-state index contributed by atoms with van der Waals surface area (Å²) in [5.41, 5.74) is 0.570. The summed E-state index contributed by atoms with van der Waals surface area (Å²) in [4.78, 5) is 18.7. The van der Waals surface area contributed by atoms with Crippen molar-refractivity contribution in [3.05, 3.63) is 30.1 Å². The number of amides is 1. The van der Waals surface area contributed by atoms with Crippen LogP contribution in [0, 0.1) is 0 Å². The summed E-state index contributed by atoms with van der Waals surface area (Å²) >= 11 is 0. The van der Waals surface area contributed by atoms with E-state index in [2.05, 4.69) is 17.2 Å². The minimum atomic E-state index is -0.451. The molecule has 1 N–H and O–H groups in total. The van der Waals surface area contributed by atoms with E-state index < -0.39 is 5.60 Å². The SMILES string of the molecule is C[C@@H](NCC1CCCCN1C(=O)OC(C)(C)C)c1ccccn1. The van der Waals surface area contributed by atoms with E-state index in [-0.39, 0.29) is 18.2 Å². The Kier molecular flexibility index (Phi) is 5.99. The zero-order chi connectivity index (χ0) is 16.9. The third kappa shape index (κ3) is 5.50. The van der Waals surface area contributed by atoms with Gasteiger partial charge in [-0.3, -0.25) is 4.98 Å². The molecular formula is C18H29N3O2. The first-order chi connectivity index (χ1) is 10.9. The standard InChI is InChI=1S/C18H29N3O2/c1-14(16-10-5-7-11-19-16)20-13-15-9-6-8-12-21(15)17(22)23-18(2,3)4/h5,7,10-11,14-15,20H,6,8-9,12-13H2,1-4H3/t14-,15?/m1/s1. The van der Waals surface area contributed by atoms with Gasteiger partial charge in [-0.2, -0.15) is 0 Å². The summed E-state index contributed by atoms with van der Waals surface area (Å²) in [6.07, 6.45) is 4.83. The van der Waals surface area contributed by atoms with E-state index in [1.165, 1.54) is 0 Å². The molecule has 1 aliphatic rings. The Balaban J connectivity index is 1.92. The quantitative estimate of drug-likeness (QED) is 0.922. The van der Waals surface area contributed by atoms with Crippen LogP contribution >= 0.6 is 0 Å². The van der Waals surface area contributed by atoms with E-state index >= 15 is 0 Å². The summed E-state index contributed by atoms with van der Waals surface area (Å²) in [7, 11) is 0. The molecule has 5 nitrogen and oxygen atoms in total. The fourth-order valence-corrected chi connectivity index (χ4v) is 2.82. The van der Waals surface area contributed by atoms with Gasteiger partial charge in [0.25, 0.3) is 0 Å². The number of hydrogen-bond acceptors (Lipinski definition) is 4. The lowest BCUT2D eigenvalue weighted by atomic mass is 10.0. The van der Waals surface area contributed by atoms with Crippen molar-refractivity contribution in [2.75, 3.05) is 13.1 Å². The first-order valence-corrected chi connectivity index (χ1v) is 8.51. The first kappa shape index (κ1) is 17.7. The van der Waals surface area contributed by atoms with E-state index in [1.807, 2.05) is 43.9 Å². The summed E-state index contributed by atoms with van der Waals surface area (Å²) in [5, 5.41) is 3.50. The van der Waals surface area contributed by atoms with Gasteiger partial charge in [-0.05, 0) is 59.1 Å². The molecule has 1 aliphatic heterocycles. The van der Waals surface area contributed by atoms with Crippen molar-refractivity contribution in [1.82, 2.24) is 15.2 Å². The van der Waals surface area contributed by atoms with Gasteiger partial charge in [0, 0.05) is 31.4 Å². The molecule has 2 heterocycles. The number of aromatic nitrogens is 1. The number of piperidine rings is 1. The number of carbonyl (C=O) groups is 1. The van der Waals surface area contributed by atoms with Crippen molar-refractivity contribution in [2.24, 2.45) is 0 Å². The lowest BCUT2D eigenvalue weighted by Gasteiger charge is -2.37. The number of hydrogen-bond donors (Lipinski definition) is 1. The van der Waals surface area contributed by atoms with Crippen LogP contribution in [-0.2, 0) is 4.74 Å². The Morgan fingerprint density at radius 2 is 2.22 bits per heavy atom. The van der Waals surface area contributed by atoms with E-state index in [4.69, 9.17) is 4.74 Å². The maximum Gasteiger partial charge on any atom is 0.410 e. The van der Waals surface area contributed by atoms with Gasteiger partial charge in [-0.25, -0.2) is 4.79 Å². The minimum Gasteiger partial charge on any atom is -0.444 e. The van der Waals surface area contributed by atoms with Crippen LogP contribution in [0.3, 0.4) is 0 Å². The summed E-state index contributed by atoms with van der Waals surface area (Å²) in [5.74, 6) is 0. The zero-order valence-electron chi connectivity index (χ0n) is 14.7. The smallest absolute Gasteiger partial charge is 0.410 e. The Bertz CT molecular complexity index is 499. The first-order valence-electron chi connectivity index (χ1n) is 8.51. The fourth-order valence-electron chi connectivity index (χ4n) is 2.82. The average molecular weight is 319 g/mol. The Morgan fingerprint density at radius 3 is 2.87 bits per heavy atom. The zero-order valence-corrected chi connectivity index (χ0v) is 14.7. The van der Waals surface area contributed by atoms with Crippen molar-refractivity contribution < 1.29 is 9.53 Å². The molecule has 0 aromatic carbocycles. The Hall–Kier alpha value is -1.62. The Morgan fingerprint density at radius 1 is 1.43 bits per heavy atom. The summed E-state index contributed by atoms with van der Waals surface area (Å²) in [6, 6.07) is 6.28. The molecule has 1 aromatic heterocycles. The molecule has 23 heavy (non-hydrogen) atoms. The number of pyridine rings is 1. The predicted molar refractivity (Wildman–Crippen MR) is 91.2 cm³/mol. The maximum absolute atomic E-state index is 12.4. The van der Waals surface area contributed by atoms with E-state index in [1.54, 1.807) is 6.20 Å². The van der Waals surface area contributed by atoms with Crippen molar-refractivity contribution in [3.63, 3.8) is 0 Å². The van der Waals surface area contributed by atoms with Gasteiger partial charge in [-0.15, -0.1) is 0 Å². The highest BCUT2D eigenvalue weighted by Crippen LogP contribution is 2.21. The predicted octanol–water partition coefficient (Wildman–Crippen LogP) is 3.52. The van der Waals surface area contributed by atoms with E-state index in [0.717, 1.165) is 38.0 Å². The van der Waals surface area contributed by atoms with Gasteiger partial charge in [0.15, 0.2) is 0 Å². The number of ether oxygens (including phenoxy) is 1. The topological polar surface area (TPSA) is 54.5 Å². The molecule has 0 spiro atoms. The fraction of sp³-hybridized carbons (Fsp3) is 0.667. The molecule has 0 aliphatic carbocycles. The van der Waals surface area contributed by atoms with Crippen LogP contribution in [-0.4, -0.2) is 40.7 Å². The molecule has 2 rings (SSSR count). The van der Waals surface area contributed by atoms with Crippen LogP contribution in [0.2, 0.25) is 0 Å². The third-order valence-corrected chi connectivity index (χ3v) is 4.05. The minimum absolute atomic E-state index is 0.165. The van der Waals surface area contributed by atoms with Crippen LogP contribution < -0.4 is 5.32 Å². The van der Waals surface area contributed by atoms with Gasteiger partial charge < -0.3 is 15.0 Å². The van der Waals surface area contributed by atoms with Gasteiger partial charge >= 0.3 is 6.09 Å². The van der Waals surface area contributed by atoms with Crippen LogP contribution in [0.5, 0.6) is 0 Å². The highest BCUT2D eigenvalue weighted by molar-refractivity contribution is 5.68. The highest BCUT2D eigenvalue weighted by Gasteiger charge is 2.30. The second-order valence-electron chi connectivity index (χ2n) is 7.21. The van der Waals surface area contributed by atoms with Crippen LogP contribution in [0.1, 0.15) is 58.7 Å².